The summed E-state index contributed by atoms with van der Waals surface area (Å²) < 4.78 is 14.4. The van der Waals surface area contributed by atoms with Gasteiger partial charge >= 0.3 is 0 Å². The fourth-order valence-corrected chi connectivity index (χ4v) is 2.13. The Morgan fingerprint density at radius 2 is 2.25 bits per heavy atom. The molecule has 1 unspecified atom stereocenters. The van der Waals surface area contributed by atoms with Crippen LogP contribution in [0.25, 0.3) is 0 Å². The quantitative estimate of drug-likeness (QED) is 0.858. The third-order valence-corrected chi connectivity index (χ3v) is 3.53. The van der Waals surface area contributed by atoms with Crippen molar-refractivity contribution in [2.75, 3.05) is 11.4 Å². The number of halogens is 2. The number of hydrogen-bond donors (Lipinski definition) is 1. The number of nitrogens with two attached hydrogens (primary N) is 1. The van der Waals surface area contributed by atoms with E-state index in [9.17, 15) is 9.18 Å². The van der Waals surface area contributed by atoms with E-state index in [0.717, 1.165) is 5.56 Å². The molecule has 1 aliphatic rings. The SMILES string of the molecule is Cc1cc(N2CC(N)CC2=O)c(F)cc1Br. The lowest BCUT2D eigenvalue weighted by molar-refractivity contribution is -0.117. The van der Waals surface area contributed by atoms with E-state index in [1.54, 1.807) is 6.07 Å². The average Bonchev–Trinajstić information content (AvgIpc) is 2.51. The Morgan fingerprint density at radius 3 is 2.81 bits per heavy atom. The molecule has 0 aliphatic carbocycles. The molecule has 1 amide bonds. The predicted molar refractivity (Wildman–Crippen MR) is 63.8 cm³/mol. The molecule has 0 spiro atoms. The van der Waals surface area contributed by atoms with Crippen LogP contribution in [-0.4, -0.2) is 18.5 Å². The van der Waals surface area contributed by atoms with Gasteiger partial charge in [-0.05, 0) is 24.6 Å². The smallest absolute Gasteiger partial charge is 0.228 e. The molecule has 1 heterocycles. The number of carbonyl (C=O) groups excluding carboxylic acids is 1. The minimum Gasteiger partial charge on any atom is -0.326 e. The summed E-state index contributed by atoms with van der Waals surface area (Å²) in [5.41, 5.74) is 6.89. The Labute approximate surface area is 102 Å². The van der Waals surface area contributed by atoms with Crippen molar-refractivity contribution in [2.24, 2.45) is 5.73 Å². The zero-order valence-corrected chi connectivity index (χ0v) is 10.4. The predicted octanol–water partition coefficient (Wildman–Crippen LogP) is 1.96. The maximum Gasteiger partial charge on any atom is 0.228 e. The molecule has 16 heavy (non-hydrogen) atoms. The molecule has 1 saturated heterocycles. The van der Waals surface area contributed by atoms with E-state index in [-0.39, 0.29) is 18.4 Å². The third-order valence-electron chi connectivity index (χ3n) is 2.67. The molecule has 0 bridgehead atoms. The van der Waals surface area contributed by atoms with Crippen molar-refractivity contribution in [1.29, 1.82) is 0 Å². The number of anilines is 1. The Bertz CT molecular complexity index is 450. The lowest BCUT2D eigenvalue weighted by atomic mass is 10.2. The molecule has 1 aromatic carbocycles. The standard InChI is InChI=1S/C11H12BrFN2O/c1-6-2-10(9(13)4-8(6)12)15-5-7(14)3-11(15)16/h2,4,7H,3,5,14H2,1H3. The average molecular weight is 287 g/mol. The zero-order valence-electron chi connectivity index (χ0n) is 8.84. The molecule has 5 heteroatoms. The first-order chi connectivity index (χ1) is 7.49. The molecule has 1 fully saturated rings. The van der Waals surface area contributed by atoms with Gasteiger partial charge in [0.15, 0.2) is 0 Å². The second-order valence-corrected chi connectivity index (χ2v) is 4.88. The van der Waals surface area contributed by atoms with Crippen molar-refractivity contribution < 1.29 is 9.18 Å². The number of rotatable bonds is 1. The second-order valence-electron chi connectivity index (χ2n) is 4.02. The summed E-state index contributed by atoms with van der Waals surface area (Å²) in [5, 5.41) is 0. The molecule has 1 aromatic rings. The van der Waals surface area contributed by atoms with Crippen LogP contribution >= 0.6 is 15.9 Å². The van der Waals surface area contributed by atoms with Gasteiger partial charge in [0, 0.05) is 23.5 Å². The maximum atomic E-state index is 13.7. The fraction of sp³-hybridized carbons (Fsp3) is 0.364. The Kier molecular flexibility index (Phi) is 2.99. The highest BCUT2D eigenvalue weighted by molar-refractivity contribution is 9.10. The molecular formula is C11H12BrFN2O. The number of hydrogen-bond acceptors (Lipinski definition) is 2. The first kappa shape index (κ1) is 11.5. The normalized spacial score (nSPS) is 20.6. The van der Waals surface area contributed by atoms with Crippen LogP contribution in [0.1, 0.15) is 12.0 Å². The van der Waals surface area contributed by atoms with Crippen molar-refractivity contribution in [3.8, 4) is 0 Å². The van der Waals surface area contributed by atoms with Crippen LogP contribution in [0.2, 0.25) is 0 Å². The summed E-state index contributed by atoms with van der Waals surface area (Å²) in [6, 6.07) is 2.84. The van der Waals surface area contributed by atoms with Crippen molar-refractivity contribution in [3.05, 3.63) is 28.0 Å². The lowest BCUT2D eigenvalue weighted by Crippen LogP contribution is -2.28. The largest absolute Gasteiger partial charge is 0.326 e. The van der Waals surface area contributed by atoms with Gasteiger partial charge in [0.1, 0.15) is 5.82 Å². The van der Waals surface area contributed by atoms with Gasteiger partial charge in [0.05, 0.1) is 5.69 Å². The molecule has 0 saturated carbocycles. The van der Waals surface area contributed by atoms with Crippen molar-refractivity contribution in [2.45, 2.75) is 19.4 Å². The summed E-state index contributed by atoms with van der Waals surface area (Å²) in [4.78, 5) is 13.0. The number of benzene rings is 1. The molecule has 1 aliphatic heterocycles. The Morgan fingerprint density at radius 1 is 1.56 bits per heavy atom. The van der Waals surface area contributed by atoms with Gasteiger partial charge in [-0.1, -0.05) is 15.9 Å². The highest BCUT2D eigenvalue weighted by Gasteiger charge is 2.29. The minimum atomic E-state index is -0.403. The van der Waals surface area contributed by atoms with Crippen molar-refractivity contribution >= 4 is 27.5 Å². The lowest BCUT2D eigenvalue weighted by Gasteiger charge is -2.18. The van der Waals surface area contributed by atoms with E-state index in [4.69, 9.17) is 5.73 Å². The van der Waals surface area contributed by atoms with Gasteiger partial charge in [0.25, 0.3) is 0 Å². The fourth-order valence-electron chi connectivity index (χ4n) is 1.82. The van der Waals surface area contributed by atoms with Gasteiger partial charge in [-0.15, -0.1) is 0 Å². The first-order valence-corrected chi connectivity index (χ1v) is 5.80. The molecule has 3 nitrogen and oxygen atoms in total. The summed E-state index contributed by atoms with van der Waals surface area (Å²) in [6.07, 6.45) is 0.286. The van der Waals surface area contributed by atoms with Crippen LogP contribution in [0, 0.1) is 12.7 Å². The maximum absolute atomic E-state index is 13.7. The van der Waals surface area contributed by atoms with E-state index in [1.807, 2.05) is 6.92 Å². The van der Waals surface area contributed by atoms with E-state index >= 15 is 0 Å². The molecule has 86 valence electrons. The van der Waals surface area contributed by atoms with E-state index in [2.05, 4.69) is 15.9 Å². The summed E-state index contributed by atoms with van der Waals surface area (Å²) in [5.74, 6) is -0.520. The number of aryl methyl sites for hydroxylation is 1. The molecule has 2 N–H and O–H groups in total. The van der Waals surface area contributed by atoms with Gasteiger partial charge in [-0.2, -0.15) is 0 Å². The van der Waals surface area contributed by atoms with Gasteiger partial charge in [0.2, 0.25) is 5.91 Å². The minimum absolute atomic E-state index is 0.117. The van der Waals surface area contributed by atoms with Gasteiger partial charge in [-0.3, -0.25) is 4.79 Å². The van der Waals surface area contributed by atoms with Crippen LogP contribution in [0.15, 0.2) is 16.6 Å². The Balaban J connectivity index is 2.41. The van der Waals surface area contributed by atoms with E-state index in [1.165, 1.54) is 11.0 Å². The van der Waals surface area contributed by atoms with Gasteiger partial charge in [-0.25, -0.2) is 4.39 Å². The van der Waals surface area contributed by atoms with E-state index in [0.29, 0.717) is 16.7 Å². The molecule has 0 aromatic heterocycles. The topological polar surface area (TPSA) is 46.3 Å². The molecular weight excluding hydrogens is 275 g/mol. The van der Waals surface area contributed by atoms with Crippen LogP contribution < -0.4 is 10.6 Å². The number of nitrogens with zero attached hydrogens (tertiary/aromatic N) is 1. The van der Waals surface area contributed by atoms with Crippen molar-refractivity contribution in [1.82, 2.24) is 0 Å². The number of carbonyl (C=O) groups is 1. The highest BCUT2D eigenvalue weighted by atomic mass is 79.9. The van der Waals surface area contributed by atoms with Crippen LogP contribution in [0.3, 0.4) is 0 Å². The second kappa shape index (κ2) is 4.14. The van der Waals surface area contributed by atoms with Crippen LogP contribution in [0.4, 0.5) is 10.1 Å². The molecule has 2 rings (SSSR count). The van der Waals surface area contributed by atoms with E-state index < -0.39 is 5.82 Å². The van der Waals surface area contributed by atoms with Crippen molar-refractivity contribution in [3.63, 3.8) is 0 Å². The third kappa shape index (κ3) is 1.97. The number of amides is 1. The summed E-state index contributed by atoms with van der Waals surface area (Å²) in [7, 11) is 0. The molecule has 1 atom stereocenters. The first-order valence-electron chi connectivity index (χ1n) is 5.00. The summed E-state index contributed by atoms with van der Waals surface area (Å²) in [6.45, 7) is 2.24. The van der Waals surface area contributed by atoms with Gasteiger partial charge < -0.3 is 10.6 Å². The van der Waals surface area contributed by atoms with Crippen LogP contribution in [-0.2, 0) is 4.79 Å². The zero-order chi connectivity index (χ0) is 11.9. The Hall–Kier alpha value is -0.940. The van der Waals surface area contributed by atoms with Crippen LogP contribution in [0.5, 0.6) is 0 Å². The summed E-state index contributed by atoms with van der Waals surface area (Å²) >= 11 is 3.25. The monoisotopic (exact) mass is 286 g/mol. The highest BCUT2D eigenvalue weighted by Crippen LogP contribution is 2.29. The molecule has 0 radical (unpaired) electrons.